The summed E-state index contributed by atoms with van der Waals surface area (Å²) in [7, 11) is 0. The van der Waals surface area contributed by atoms with E-state index in [1.165, 1.54) is 4.90 Å². The number of hydrogen-bond acceptors (Lipinski definition) is 4. The predicted octanol–water partition coefficient (Wildman–Crippen LogP) is 4.94. The molecule has 1 N–H and O–H groups in total. The second-order valence-electron chi connectivity index (χ2n) is 8.39. The van der Waals surface area contributed by atoms with E-state index in [4.69, 9.17) is 32.8 Å². The zero-order valence-electron chi connectivity index (χ0n) is 35.8. The van der Waals surface area contributed by atoms with E-state index in [0.717, 1.165) is 0 Å². The van der Waals surface area contributed by atoms with Crippen LogP contribution in [0.2, 0.25) is 0 Å². The molecule has 188 valence electrons. The summed E-state index contributed by atoms with van der Waals surface area (Å²) < 4.78 is 150. The number of nitrogens with one attached hydrogen (secondary N) is 1. The molecule has 2 atom stereocenters. The first-order chi connectivity index (χ1) is 24.1. The second-order valence-corrected chi connectivity index (χ2v) is 8.39. The fraction of sp³-hybridized carbons (Fsp3) is 0.448. The van der Waals surface area contributed by atoms with Gasteiger partial charge in [0.05, 0.1) is 12.6 Å². The van der Waals surface area contributed by atoms with Gasteiger partial charge in [0.25, 0.3) is 0 Å². The van der Waals surface area contributed by atoms with Crippen molar-refractivity contribution in [1.82, 2.24) is 14.8 Å². The minimum Gasteiger partial charge on any atom is -0.454 e. The normalized spacial score (nSPS) is 30.8. The molecule has 3 aromatic rings. The summed E-state index contributed by atoms with van der Waals surface area (Å²) in [6.45, 7) is -9.10. The molecule has 6 rings (SSSR count). The molecular formula is C29H33N3O4. The lowest BCUT2D eigenvalue weighted by molar-refractivity contribution is -0.158. The number of H-pyrrole nitrogens is 1. The number of rotatable bonds is 8. The molecule has 0 saturated carbocycles. The number of hydrogen-bond donors (Lipinski definition) is 1. The van der Waals surface area contributed by atoms with Gasteiger partial charge in [0, 0.05) is 52.8 Å². The topological polar surface area (TPSA) is 74.9 Å². The Kier molecular flexibility index (Phi) is 2.88. The first kappa shape index (κ1) is 10.9. The van der Waals surface area contributed by atoms with E-state index in [1.54, 1.807) is 42.5 Å². The molecule has 0 unspecified atom stereocenters. The van der Waals surface area contributed by atoms with Gasteiger partial charge in [-0.25, -0.2) is 0 Å². The Labute approximate surface area is 235 Å². The number of aromatic nitrogens is 1. The van der Waals surface area contributed by atoms with E-state index in [0.29, 0.717) is 39.2 Å². The molecule has 3 aliphatic rings. The number of carbonyl (C=O) groups excluding carboxylic acids is 2. The average molecular weight is 505 g/mol. The van der Waals surface area contributed by atoms with Crippen LogP contribution in [0.3, 0.4) is 0 Å². The molecule has 1 aromatic heterocycles. The number of para-hydroxylation sites is 1. The highest BCUT2D eigenvalue weighted by Crippen LogP contribution is 2.44. The molecule has 0 radical (unpaired) electrons. The summed E-state index contributed by atoms with van der Waals surface area (Å²) in [5.74, 6) is -1.32. The van der Waals surface area contributed by atoms with E-state index in [-0.39, 0.29) is 18.1 Å². The van der Waals surface area contributed by atoms with Crippen LogP contribution in [0.4, 0.5) is 0 Å². The summed E-state index contributed by atoms with van der Waals surface area (Å²) >= 11 is 0. The number of aromatic amines is 1. The zero-order valence-corrected chi connectivity index (χ0v) is 18.8. The van der Waals surface area contributed by atoms with Crippen LogP contribution >= 0.6 is 0 Å². The Balaban J connectivity index is 1.41. The first-order valence-corrected chi connectivity index (χ1v) is 11.2. The number of fused-ring (bicyclic) bond motifs is 5. The van der Waals surface area contributed by atoms with Crippen LogP contribution in [0, 0.1) is 0 Å². The SMILES string of the molecule is [2H]C([2H])([2H])C([2H])([2H])C([2H])([2H])C([2H])([2H])C([2H])([2H])C([2H])([2H])C([2H])([2H])C([2H])([2H])N1CC(=O)N2[C@H](c3ccc4c(c3)OCO4)c3[nH]c4ccccc4c3C[C@@H]2C1=O. The quantitative estimate of drug-likeness (QED) is 0.471. The molecule has 4 heterocycles. The standard InChI is InChI=1S/C29H33N3O4/c1-2-3-4-5-6-9-14-31-17-26(33)32-23(29(31)34)16-21-20-10-7-8-11-22(20)30-27(21)28(32)19-12-13-24-25(15-19)36-18-35-24/h7-8,10-13,15,23,28,30H,2-6,9,14,16-18H2,1H3/t23-,28-/m1/s1/i1D3,2D2,3D2,4D2,5D2,6D2,9D2,14D2. The number of carbonyl (C=O) groups is 2. The Morgan fingerprint density at radius 2 is 1.89 bits per heavy atom. The third-order valence-corrected chi connectivity index (χ3v) is 6.48. The fourth-order valence-corrected chi connectivity index (χ4v) is 5.01. The van der Waals surface area contributed by atoms with Gasteiger partial charge in [-0.15, -0.1) is 0 Å². The van der Waals surface area contributed by atoms with Crippen molar-refractivity contribution in [3.63, 3.8) is 0 Å². The molecule has 3 aliphatic heterocycles. The van der Waals surface area contributed by atoms with Crippen LogP contribution in [-0.2, 0) is 16.0 Å². The van der Waals surface area contributed by atoms with Gasteiger partial charge in [0.15, 0.2) is 11.5 Å². The lowest BCUT2D eigenvalue weighted by Gasteiger charge is -2.47. The van der Waals surface area contributed by atoms with E-state index in [9.17, 15) is 9.59 Å². The highest BCUT2D eigenvalue weighted by Gasteiger charge is 2.48. The van der Waals surface area contributed by atoms with Gasteiger partial charge in [0.1, 0.15) is 6.04 Å². The Morgan fingerprint density at radius 3 is 2.81 bits per heavy atom. The Morgan fingerprint density at radius 1 is 1.06 bits per heavy atom. The van der Waals surface area contributed by atoms with Gasteiger partial charge in [-0.2, -0.15) is 0 Å². The lowest BCUT2D eigenvalue weighted by atomic mass is 9.86. The maximum absolute atomic E-state index is 14.4. The summed E-state index contributed by atoms with van der Waals surface area (Å²) in [6.07, 6.45) is -26.5. The molecule has 0 bridgehead atoms. The Hall–Kier alpha value is -3.48. The Bertz CT molecular complexity index is 1990. The first-order valence-electron chi connectivity index (χ1n) is 19.7. The summed E-state index contributed by atoms with van der Waals surface area (Å²) in [4.78, 5) is 33.2. The molecule has 0 spiro atoms. The largest absolute Gasteiger partial charge is 0.454 e. The number of benzene rings is 2. The van der Waals surface area contributed by atoms with Crippen molar-refractivity contribution in [1.29, 1.82) is 0 Å². The van der Waals surface area contributed by atoms with Gasteiger partial charge >= 0.3 is 0 Å². The van der Waals surface area contributed by atoms with Gasteiger partial charge in [-0.1, -0.05) is 63.0 Å². The lowest BCUT2D eigenvalue weighted by Crippen LogP contribution is -2.63. The van der Waals surface area contributed by atoms with E-state index in [2.05, 4.69) is 4.98 Å². The molecular weight excluding hydrogens is 454 g/mol. The smallest absolute Gasteiger partial charge is 0.246 e. The van der Waals surface area contributed by atoms with Crippen LogP contribution < -0.4 is 9.47 Å². The molecule has 7 nitrogen and oxygen atoms in total. The van der Waals surface area contributed by atoms with Gasteiger partial charge in [-0.3, -0.25) is 9.59 Å². The van der Waals surface area contributed by atoms with Crippen molar-refractivity contribution in [3.05, 3.63) is 59.3 Å². The van der Waals surface area contributed by atoms with Crippen LogP contribution in [0.5, 0.6) is 11.5 Å². The number of ether oxygens (including phenoxy) is 2. The maximum atomic E-state index is 14.4. The van der Waals surface area contributed by atoms with Crippen molar-refractivity contribution >= 4 is 22.7 Å². The van der Waals surface area contributed by atoms with Gasteiger partial charge < -0.3 is 24.3 Å². The van der Waals surface area contributed by atoms with Gasteiger partial charge in [0.2, 0.25) is 18.6 Å². The molecule has 2 amide bonds. The van der Waals surface area contributed by atoms with E-state index in [1.807, 2.05) is 0 Å². The number of piperazine rings is 1. The van der Waals surface area contributed by atoms with Crippen molar-refractivity contribution < 1.29 is 42.4 Å². The number of nitrogens with zero attached hydrogens (tertiary/aromatic N) is 2. The summed E-state index contributed by atoms with van der Waals surface area (Å²) in [5, 5.41) is 0.668. The van der Waals surface area contributed by atoms with E-state index < -0.39 is 82.0 Å². The maximum Gasteiger partial charge on any atom is 0.246 e. The van der Waals surface area contributed by atoms with Crippen molar-refractivity contribution in [3.8, 4) is 11.5 Å². The minimum absolute atomic E-state index is 0.0546. The molecule has 2 aromatic carbocycles. The summed E-state index contributed by atoms with van der Waals surface area (Å²) in [5.41, 5.74) is 2.23. The van der Waals surface area contributed by atoms with E-state index >= 15 is 0 Å². The van der Waals surface area contributed by atoms with Crippen LogP contribution in [0.1, 0.15) is 91.3 Å². The molecule has 1 saturated heterocycles. The number of amides is 2. The fourth-order valence-electron chi connectivity index (χ4n) is 5.01. The zero-order chi connectivity index (χ0) is 39.7. The minimum atomic E-state index is -4.53. The molecule has 1 fully saturated rings. The van der Waals surface area contributed by atoms with Gasteiger partial charge in [-0.05, 0) is 35.7 Å². The third kappa shape index (κ3) is 3.91. The van der Waals surface area contributed by atoms with Crippen molar-refractivity contribution in [2.75, 3.05) is 19.8 Å². The molecule has 36 heavy (non-hydrogen) atoms. The third-order valence-electron chi connectivity index (χ3n) is 6.48. The van der Waals surface area contributed by atoms with Crippen LogP contribution in [-0.4, -0.2) is 52.5 Å². The summed E-state index contributed by atoms with van der Waals surface area (Å²) in [6, 6.07) is 9.41. The van der Waals surface area contributed by atoms with Crippen molar-refractivity contribution in [2.45, 2.75) is 63.6 Å². The van der Waals surface area contributed by atoms with Crippen LogP contribution in [0.25, 0.3) is 10.9 Å². The van der Waals surface area contributed by atoms with Crippen LogP contribution in [0.15, 0.2) is 42.5 Å². The highest BCUT2D eigenvalue weighted by atomic mass is 16.7. The highest BCUT2D eigenvalue weighted by molar-refractivity contribution is 5.97. The monoisotopic (exact) mass is 504 g/mol. The molecule has 7 heteroatoms. The second kappa shape index (κ2) is 9.52. The molecule has 0 aliphatic carbocycles. The predicted molar refractivity (Wildman–Crippen MR) is 137 cm³/mol. The average Bonchev–Trinajstić information content (AvgIpc) is 3.68. The van der Waals surface area contributed by atoms with Crippen molar-refractivity contribution in [2.24, 2.45) is 0 Å².